The highest BCUT2D eigenvalue weighted by atomic mass is 35.5. The number of nitrogens with one attached hydrogen (secondary N) is 2. The van der Waals surface area contributed by atoms with Gasteiger partial charge in [0.2, 0.25) is 11.3 Å². The third-order valence-electron chi connectivity index (χ3n) is 10.1. The quantitative estimate of drug-likeness (QED) is 0.439. The zero-order valence-corrected chi connectivity index (χ0v) is 22.9. The highest BCUT2D eigenvalue weighted by Crippen LogP contribution is 2.68. The van der Waals surface area contributed by atoms with Gasteiger partial charge in [-0.15, -0.1) is 0 Å². The van der Waals surface area contributed by atoms with Gasteiger partial charge in [-0.2, -0.15) is 21.0 Å². The molecule has 1 aromatic carbocycles. The summed E-state index contributed by atoms with van der Waals surface area (Å²) in [6.45, 7) is 1.94. The Morgan fingerprint density at radius 2 is 1.68 bits per heavy atom. The molecule has 11 heteroatoms. The molecule has 5 aliphatic rings. The number of anilines is 1. The molecule has 200 valence electrons. The predicted octanol–water partition coefficient (Wildman–Crippen LogP) is 2.43. The number of carbonyl (C=O) groups excluding carboxylic acids is 1. The second-order valence-corrected chi connectivity index (χ2v) is 12.0. The number of amides is 1. The predicted molar refractivity (Wildman–Crippen MR) is 145 cm³/mol. The molecule has 3 heterocycles. The number of allylic oxidation sites excluding steroid dienone is 2. The minimum absolute atomic E-state index is 0.0951. The molecule has 40 heavy (non-hydrogen) atoms. The molecule has 0 unspecified atom stereocenters. The first kappa shape index (κ1) is 26.1. The van der Waals surface area contributed by atoms with Crippen LogP contribution in [-0.4, -0.2) is 61.7 Å². The highest BCUT2D eigenvalue weighted by molar-refractivity contribution is 6.31. The van der Waals surface area contributed by atoms with Gasteiger partial charge in [-0.25, -0.2) is 0 Å². The van der Waals surface area contributed by atoms with Gasteiger partial charge in [-0.3, -0.25) is 4.79 Å². The number of hydrogen-bond acceptors (Lipinski definition) is 9. The second kappa shape index (κ2) is 8.17. The first-order chi connectivity index (χ1) is 19.0. The van der Waals surface area contributed by atoms with Gasteiger partial charge < -0.3 is 26.3 Å². The number of piperidine rings is 1. The number of nitrogens with two attached hydrogens (primary N) is 1. The van der Waals surface area contributed by atoms with Crippen LogP contribution < -0.4 is 11.1 Å². The van der Waals surface area contributed by atoms with E-state index in [0.29, 0.717) is 54.3 Å². The SMILES string of the molecule is CN1CCC2(CC1)C1=C3C(=C(N)C2(C#N)C#N)C(=N)C(C#N)(C#N)[C@@]2(C(=O)Nc4ccc(Cl)cc42)[C@@H]3CN(C)C1. The van der Waals surface area contributed by atoms with E-state index in [2.05, 4.69) is 34.5 Å². The first-order valence-electron chi connectivity index (χ1n) is 13.0. The Bertz CT molecular complexity index is 1630. The number of halogens is 1. The Kier molecular flexibility index (Phi) is 5.32. The molecule has 4 N–H and O–H groups in total. The van der Waals surface area contributed by atoms with Crippen LogP contribution in [0.4, 0.5) is 5.69 Å². The fourth-order valence-corrected chi connectivity index (χ4v) is 8.39. The summed E-state index contributed by atoms with van der Waals surface area (Å²) in [5.74, 6) is -1.33. The molecular weight excluding hydrogens is 526 g/mol. The van der Waals surface area contributed by atoms with Crippen molar-refractivity contribution in [1.29, 1.82) is 26.5 Å². The summed E-state index contributed by atoms with van der Waals surface area (Å²) in [6.07, 6.45) is 0.961. The Morgan fingerprint density at radius 1 is 1.05 bits per heavy atom. The Morgan fingerprint density at radius 3 is 2.27 bits per heavy atom. The van der Waals surface area contributed by atoms with Gasteiger partial charge in [0.15, 0.2) is 5.41 Å². The summed E-state index contributed by atoms with van der Waals surface area (Å²) in [6, 6.07) is 13.5. The molecule has 2 atom stereocenters. The maximum absolute atomic E-state index is 14.3. The van der Waals surface area contributed by atoms with Crippen LogP contribution in [0.5, 0.6) is 0 Å². The van der Waals surface area contributed by atoms with E-state index in [1.165, 1.54) is 0 Å². The molecule has 1 amide bonds. The third-order valence-corrected chi connectivity index (χ3v) is 10.3. The van der Waals surface area contributed by atoms with E-state index in [1.54, 1.807) is 18.2 Å². The molecular formula is C29H26ClN9O. The lowest BCUT2D eigenvalue weighted by molar-refractivity contribution is -0.124. The Hall–Kier alpha value is -4.19. The Labute approximate surface area is 237 Å². The lowest BCUT2D eigenvalue weighted by Gasteiger charge is -2.60. The summed E-state index contributed by atoms with van der Waals surface area (Å²) in [5, 5.41) is 55.5. The van der Waals surface area contributed by atoms with E-state index >= 15 is 0 Å². The van der Waals surface area contributed by atoms with Gasteiger partial charge in [0, 0.05) is 40.7 Å². The fourth-order valence-electron chi connectivity index (χ4n) is 8.22. The van der Waals surface area contributed by atoms with Gasteiger partial charge in [-0.1, -0.05) is 11.6 Å². The molecule has 6 rings (SSSR count). The molecule has 1 aromatic rings. The van der Waals surface area contributed by atoms with Crippen molar-refractivity contribution in [2.75, 3.05) is 45.6 Å². The summed E-state index contributed by atoms with van der Waals surface area (Å²) in [7, 11) is 3.87. The second-order valence-electron chi connectivity index (χ2n) is 11.6. The molecule has 10 nitrogen and oxygen atoms in total. The lowest BCUT2D eigenvalue weighted by atomic mass is 9.41. The van der Waals surface area contributed by atoms with E-state index in [4.69, 9.17) is 17.3 Å². The topological polar surface area (TPSA) is 181 Å². The van der Waals surface area contributed by atoms with E-state index in [0.717, 1.165) is 5.57 Å². The van der Waals surface area contributed by atoms with E-state index in [-0.39, 0.29) is 17.8 Å². The van der Waals surface area contributed by atoms with E-state index < -0.39 is 39.2 Å². The van der Waals surface area contributed by atoms with Crippen molar-refractivity contribution >= 4 is 28.9 Å². The molecule has 3 aliphatic heterocycles. The molecule has 2 aliphatic carbocycles. The number of likely N-dealkylation sites (N-methyl/N-ethyl adjacent to an activating group) is 1. The maximum atomic E-state index is 14.3. The van der Waals surface area contributed by atoms with Crippen LogP contribution in [0.25, 0.3) is 0 Å². The van der Waals surface area contributed by atoms with E-state index in [9.17, 15) is 31.3 Å². The molecule has 0 bridgehead atoms. The van der Waals surface area contributed by atoms with Crippen LogP contribution in [0.2, 0.25) is 5.02 Å². The minimum atomic E-state index is -2.31. The monoisotopic (exact) mass is 551 g/mol. The number of hydrogen-bond donors (Lipinski definition) is 3. The molecule has 2 fully saturated rings. The van der Waals surface area contributed by atoms with Crippen molar-refractivity contribution in [1.82, 2.24) is 9.80 Å². The zero-order valence-electron chi connectivity index (χ0n) is 22.1. The van der Waals surface area contributed by atoms with Crippen molar-refractivity contribution in [2.24, 2.45) is 27.9 Å². The number of carbonyl (C=O) groups is 1. The van der Waals surface area contributed by atoms with Crippen molar-refractivity contribution in [3.05, 3.63) is 51.2 Å². The number of nitrogens with zero attached hydrogens (tertiary/aromatic N) is 6. The van der Waals surface area contributed by atoms with Gasteiger partial charge in [-0.05, 0) is 74.9 Å². The fraction of sp³-hybridized carbons (Fsp3) is 0.448. The maximum Gasteiger partial charge on any atom is 0.238 e. The zero-order chi connectivity index (χ0) is 28.8. The number of benzene rings is 1. The van der Waals surface area contributed by atoms with Crippen LogP contribution in [0.15, 0.2) is 40.6 Å². The van der Waals surface area contributed by atoms with Gasteiger partial charge in [0.1, 0.15) is 5.41 Å². The van der Waals surface area contributed by atoms with E-state index in [1.807, 2.05) is 19.0 Å². The minimum Gasteiger partial charge on any atom is -0.399 e. The van der Waals surface area contributed by atoms with Crippen molar-refractivity contribution in [3.8, 4) is 24.3 Å². The van der Waals surface area contributed by atoms with Gasteiger partial charge >= 0.3 is 0 Å². The van der Waals surface area contributed by atoms with Crippen LogP contribution in [0, 0.1) is 72.9 Å². The summed E-state index contributed by atoms with van der Waals surface area (Å²) >= 11 is 6.43. The van der Waals surface area contributed by atoms with Crippen LogP contribution >= 0.6 is 11.6 Å². The summed E-state index contributed by atoms with van der Waals surface area (Å²) < 4.78 is 0. The van der Waals surface area contributed by atoms with Gasteiger partial charge in [0.25, 0.3) is 0 Å². The first-order valence-corrected chi connectivity index (χ1v) is 13.4. The average Bonchev–Trinajstić information content (AvgIpc) is 3.23. The standard InChI is InChI=1S/C29H26ClN9O/c1-38-7-5-26(6-8-38)18-10-39(2)11-19-21(18)22(23(35)27(26,12-31)13-32)24(36)28(14-33,15-34)29(19)17-9-16(30)3-4-20(17)37-25(29)40/h3-4,9,19,36H,5-8,10-11,35H2,1-2H3,(H,37,40)/t19-,29-/m1/s1. The van der Waals surface area contributed by atoms with Crippen molar-refractivity contribution in [3.63, 3.8) is 0 Å². The van der Waals surface area contributed by atoms with Crippen molar-refractivity contribution < 1.29 is 4.79 Å². The number of nitriles is 4. The largest absolute Gasteiger partial charge is 0.399 e. The molecule has 2 spiro atoms. The molecule has 0 aromatic heterocycles. The number of rotatable bonds is 0. The Balaban J connectivity index is 1.80. The average molecular weight is 552 g/mol. The molecule has 1 saturated carbocycles. The number of fused-ring (bicyclic) bond motifs is 4. The number of likely N-dealkylation sites (tertiary alicyclic amines) is 1. The summed E-state index contributed by atoms with van der Waals surface area (Å²) in [5.41, 5.74) is 1.71. The molecule has 1 saturated heterocycles. The van der Waals surface area contributed by atoms with Crippen LogP contribution in [-0.2, 0) is 10.2 Å². The normalized spacial score (nSPS) is 29.6. The smallest absolute Gasteiger partial charge is 0.238 e. The highest BCUT2D eigenvalue weighted by Gasteiger charge is 2.75. The molecule has 0 radical (unpaired) electrons. The lowest BCUT2D eigenvalue weighted by Crippen LogP contribution is -2.68. The van der Waals surface area contributed by atoms with Crippen molar-refractivity contribution in [2.45, 2.75) is 18.3 Å². The third kappa shape index (κ3) is 2.58. The van der Waals surface area contributed by atoms with Crippen LogP contribution in [0.3, 0.4) is 0 Å². The van der Waals surface area contributed by atoms with Crippen LogP contribution in [0.1, 0.15) is 18.4 Å². The summed E-state index contributed by atoms with van der Waals surface area (Å²) in [4.78, 5) is 18.4. The van der Waals surface area contributed by atoms with Gasteiger partial charge in [0.05, 0.1) is 35.7 Å².